The van der Waals surface area contributed by atoms with Crippen molar-refractivity contribution in [1.82, 2.24) is 15.2 Å². The molecule has 0 aliphatic heterocycles. The van der Waals surface area contributed by atoms with Crippen LogP contribution in [0.2, 0.25) is 0 Å². The molecule has 0 spiro atoms. The molecule has 1 N–H and O–H groups in total. The Morgan fingerprint density at radius 3 is 2.67 bits per heavy atom. The van der Waals surface area contributed by atoms with Crippen LogP contribution in [0.5, 0.6) is 0 Å². The minimum Gasteiger partial charge on any atom is -0.376 e. The normalized spacial score (nSPS) is 17.4. The molecule has 5 nitrogen and oxygen atoms in total. The van der Waals surface area contributed by atoms with Gasteiger partial charge in [-0.1, -0.05) is 12.1 Å². The average molecular weight is 244 g/mol. The van der Waals surface area contributed by atoms with Crippen molar-refractivity contribution >= 4 is 17.0 Å². The van der Waals surface area contributed by atoms with E-state index in [4.69, 9.17) is 4.74 Å². The number of nitrogens with one attached hydrogen (secondary N) is 1. The van der Waals surface area contributed by atoms with Crippen molar-refractivity contribution < 1.29 is 4.74 Å². The number of hydrogen-bond acceptors (Lipinski definition) is 5. The number of fused-ring (bicyclic) bond motifs is 1. The van der Waals surface area contributed by atoms with Gasteiger partial charge in [-0.15, -0.1) is 10.2 Å². The Kier molecular flexibility index (Phi) is 2.83. The summed E-state index contributed by atoms with van der Waals surface area (Å²) in [5, 5.41) is 11.4. The second kappa shape index (κ2) is 4.49. The van der Waals surface area contributed by atoms with Gasteiger partial charge in [-0.05, 0) is 31.4 Å². The van der Waals surface area contributed by atoms with E-state index in [0.29, 0.717) is 5.95 Å². The molecule has 0 bridgehead atoms. The van der Waals surface area contributed by atoms with Crippen LogP contribution in [0.1, 0.15) is 19.3 Å². The van der Waals surface area contributed by atoms with Gasteiger partial charge in [0, 0.05) is 13.7 Å². The predicted molar refractivity (Wildman–Crippen MR) is 69.4 cm³/mol. The Hall–Kier alpha value is -1.75. The number of nitrogens with zero attached hydrogens (tertiary/aromatic N) is 3. The van der Waals surface area contributed by atoms with Crippen molar-refractivity contribution in [2.24, 2.45) is 0 Å². The van der Waals surface area contributed by atoms with E-state index in [1.807, 2.05) is 24.3 Å². The minimum atomic E-state index is -0.0327. The predicted octanol–water partition coefficient (Wildman–Crippen LogP) is 2.01. The summed E-state index contributed by atoms with van der Waals surface area (Å²) in [6.07, 6.45) is 3.42. The van der Waals surface area contributed by atoms with Gasteiger partial charge < -0.3 is 10.1 Å². The van der Waals surface area contributed by atoms with Crippen molar-refractivity contribution in [2.75, 3.05) is 19.0 Å². The van der Waals surface area contributed by atoms with E-state index in [9.17, 15) is 0 Å². The lowest BCUT2D eigenvalue weighted by atomic mass is 9.80. The smallest absolute Gasteiger partial charge is 0.243 e. The van der Waals surface area contributed by atoms with Crippen LogP contribution in [0.3, 0.4) is 0 Å². The molecule has 1 aliphatic carbocycles. The molecule has 0 amide bonds. The Labute approximate surface area is 106 Å². The molecule has 1 fully saturated rings. The lowest BCUT2D eigenvalue weighted by Gasteiger charge is -2.40. The molecule has 1 aromatic carbocycles. The summed E-state index contributed by atoms with van der Waals surface area (Å²) in [5.74, 6) is 0.567. The monoisotopic (exact) mass is 244 g/mol. The lowest BCUT2D eigenvalue weighted by molar-refractivity contribution is -0.0602. The quantitative estimate of drug-likeness (QED) is 0.891. The Bertz CT molecular complexity index is 548. The number of methoxy groups -OCH3 is 1. The SMILES string of the molecule is COC1(CNc2nnc3ccccc3n2)CCC1. The first kappa shape index (κ1) is 11.3. The Morgan fingerprint density at radius 2 is 2.00 bits per heavy atom. The van der Waals surface area contributed by atoms with Crippen LogP contribution < -0.4 is 5.32 Å². The van der Waals surface area contributed by atoms with Gasteiger partial charge in [-0.3, -0.25) is 0 Å². The highest BCUT2D eigenvalue weighted by molar-refractivity contribution is 5.74. The number of ether oxygens (including phenoxy) is 1. The highest BCUT2D eigenvalue weighted by Gasteiger charge is 2.36. The van der Waals surface area contributed by atoms with Gasteiger partial charge in [0.25, 0.3) is 0 Å². The van der Waals surface area contributed by atoms with Crippen molar-refractivity contribution in [3.63, 3.8) is 0 Å². The van der Waals surface area contributed by atoms with E-state index in [-0.39, 0.29) is 5.60 Å². The number of hydrogen-bond donors (Lipinski definition) is 1. The Morgan fingerprint density at radius 1 is 1.22 bits per heavy atom. The third-order valence-electron chi connectivity index (χ3n) is 3.63. The molecule has 3 rings (SSSR count). The first-order valence-corrected chi connectivity index (χ1v) is 6.20. The number of para-hydroxylation sites is 1. The number of anilines is 1. The third-order valence-corrected chi connectivity index (χ3v) is 3.63. The number of aromatic nitrogens is 3. The van der Waals surface area contributed by atoms with E-state index >= 15 is 0 Å². The maximum Gasteiger partial charge on any atom is 0.243 e. The highest BCUT2D eigenvalue weighted by Crippen LogP contribution is 2.34. The standard InChI is InChI=1S/C13H16N4O/c1-18-13(7-4-8-13)9-14-12-15-10-5-2-3-6-11(10)16-17-12/h2-3,5-6H,4,7-9H2,1H3,(H,14,15,17). The molecule has 0 unspecified atom stereocenters. The molecule has 0 saturated heterocycles. The molecule has 1 aliphatic rings. The summed E-state index contributed by atoms with van der Waals surface area (Å²) in [4.78, 5) is 4.43. The zero-order valence-corrected chi connectivity index (χ0v) is 10.4. The van der Waals surface area contributed by atoms with Crippen LogP contribution in [0.25, 0.3) is 11.0 Å². The summed E-state index contributed by atoms with van der Waals surface area (Å²) < 4.78 is 5.54. The van der Waals surface area contributed by atoms with E-state index in [1.165, 1.54) is 6.42 Å². The third kappa shape index (κ3) is 2.01. The summed E-state index contributed by atoms with van der Waals surface area (Å²) in [6.45, 7) is 0.740. The molecule has 0 radical (unpaired) electrons. The van der Waals surface area contributed by atoms with Crippen molar-refractivity contribution in [1.29, 1.82) is 0 Å². The van der Waals surface area contributed by atoms with E-state index in [2.05, 4.69) is 20.5 Å². The van der Waals surface area contributed by atoms with Gasteiger partial charge >= 0.3 is 0 Å². The zero-order valence-electron chi connectivity index (χ0n) is 10.4. The van der Waals surface area contributed by atoms with Crippen LogP contribution in [-0.4, -0.2) is 34.4 Å². The zero-order chi connectivity index (χ0) is 12.4. The summed E-state index contributed by atoms with van der Waals surface area (Å²) in [5.41, 5.74) is 1.64. The molecule has 1 aromatic heterocycles. The van der Waals surface area contributed by atoms with Crippen LogP contribution in [0.4, 0.5) is 5.95 Å². The summed E-state index contributed by atoms with van der Waals surface area (Å²) >= 11 is 0. The molecule has 0 atom stereocenters. The van der Waals surface area contributed by atoms with Crippen molar-refractivity contribution in [3.05, 3.63) is 24.3 Å². The topological polar surface area (TPSA) is 59.9 Å². The van der Waals surface area contributed by atoms with Gasteiger partial charge in [0.05, 0.1) is 11.1 Å². The molecular weight excluding hydrogens is 228 g/mol. The van der Waals surface area contributed by atoms with Gasteiger partial charge in [0.2, 0.25) is 5.95 Å². The lowest BCUT2D eigenvalue weighted by Crippen LogP contribution is -2.45. The molecule has 1 saturated carbocycles. The first-order chi connectivity index (χ1) is 8.81. The van der Waals surface area contributed by atoms with Gasteiger partial charge in [-0.2, -0.15) is 0 Å². The molecule has 18 heavy (non-hydrogen) atoms. The van der Waals surface area contributed by atoms with Gasteiger partial charge in [-0.25, -0.2) is 4.98 Å². The van der Waals surface area contributed by atoms with Gasteiger partial charge in [0.15, 0.2) is 0 Å². The largest absolute Gasteiger partial charge is 0.376 e. The number of benzene rings is 1. The molecule has 1 heterocycles. The number of rotatable bonds is 4. The maximum atomic E-state index is 5.54. The second-order valence-electron chi connectivity index (χ2n) is 4.72. The van der Waals surface area contributed by atoms with E-state index in [1.54, 1.807) is 7.11 Å². The summed E-state index contributed by atoms with van der Waals surface area (Å²) in [6, 6.07) is 7.72. The molecule has 94 valence electrons. The van der Waals surface area contributed by atoms with Crippen molar-refractivity contribution in [3.8, 4) is 0 Å². The van der Waals surface area contributed by atoms with E-state index < -0.39 is 0 Å². The Balaban J connectivity index is 1.74. The minimum absolute atomic E-state index is 0.0327. The fourth-order valence-electron chi connectivity index (χ4n) is 2.22. The van der Waals surface area contributed by atoms with E-state index in [0.717, 1.165) is 30.4 Å². The fourth-order valence-corrected chi connectivity index (χ4v) is 2.22. The molecule has 2 aromatic rings. The molecular formula is C13H16N4O. The highest BCUT2D eigenvalue weighted by atomic mass is 16.5. The summed E-state index contributed by atoms with van der Waals surface area (Å²) in [7, 11) is 1.76. The van der Waals surface area contributed by atoms with Crippen LogP contribution in [-0.2, 0) is 4.74 Å². The fraction of sp³-hybridized carbons (Fsp3) is 0.462. The second-order valence-corrected chi connectivity index (χ2v) is 4.72. The maximum absolute atomic E-state index is 5.54. The van der Waals surface area contributed by atoms with Crippen molar-refractivity contribution in [2.45, 2.75) is 24.9 Å². The van der Waals surface area contributed by atoms with Gasteiger partial charge in [0.1, 0.15) is 5.52 Å². The first-order valence-electron chi connectivity index (χ1n) is 6.20. The van der Waals surface area contributed by atoms with Crippen LogP contribution in [0, 0.1) is 0 Å². The van der Waals surface area contributed by atoms with Crippen LogP contribution in [0.15, 0.2) is 24.3 Å². The van der Waals surface area contributed by atoms with Crippen LogP contribution >= 0.6 is 0 Å². The molecule has 5 heteroatoms. The average Bonchev–Trinajstić information content (AvgIpc) is 2.38.